The Labute approximate surface area is 123 Å². The molecule has 3 nitrogen and oxygen atoms in total. The number of esters is 1. The first kappa shape index (κ1) is 14.5. The number of likely N-dealkylation sites (tertiary alicyclic amines) is 1. The molecule has 1 aliphatic heterocycles. The van der Waals surface area contributed by atoms with Crippen LogP contribution >= 0.6 is 15.9 Å². The van der Waals surface area contributed by atoms with Crippen molar-refractivity contribution in [3.63, 3.8) is 0 Å². The molecule has 1 aromatic rings. The molecule has 1 aromatic carbocycles. The van der Waals surface area contributed by atoms with Crippen molar-refractivity contribution in [2.75, 3.05) is 19.7 Å². The smallest absolute Gasteiger partial charge is 0.314 e. The number of hydrogen-bond donors (Lipinski definition) is 1. The third-order valence-corrected chi connectivity index (χ3v) is 4.13. The highest BCUT2D eigenvalue weighted by molar-refractivity contribution is 9.10. The standard InChI is InChI=1S/C15H20BrNO2/c1-2-19-15(18)13-4-3-9-17(11-13)10-12-5-7-14(16)8-6-12/h5-8,13H,2-4,9-11H2,1H3/p+1/t13-/m1/s1. The second kappa shape index (κ2) is 7.06. The van der Waals surface area contributed by atoms with Gasteiger partial charge in [-0.3, -0.25) is 4.79 Å². The maximum absolute atomic E-state index is 11.8. The van der Waals surface area contributed by atoms with Gasteiger partial charge in [-0.1, -0.05) is 28.1 Å². The molecule has 1 aliphatic rings. The summed E-state index contributed by atoms with van der Waals surface area (Å²) in [7, 11) is 0. The van der Waals surface area contributed by atoms with E-state index in [1.807, 2.05) is 6.92 Å². The number of nitrogens with one attached hydrogen (secondary N) is 1. The quantitative estimate of drug-likeness (QED) is 0.855. The van der Waals surface area contributed by atoms with E-state index in [4.69, 9.17) is 4.74 Å². The zero-order valence-electron chi connectivity index (χ0n) is 11.3. The number of ether oxygens (including phenoxy) is 1. The van der Waals surface area contributed by atoms with Gasteiger partial charge in [0.2, 0.25) is 0 Å². The molecule has 4 heteroatoms. The van der Waals surface area contributed by atoms with Crippen LogP contribution in [0.25, 0.3) is 0 Å². The lowest BCUT2D eigenvalue weighted by Crippen LogP contribution is -3.12. The number of benzene rings is 1. The van der Waals surface area contributed by atoms with Crippen LogP contribution in [-0.2, 0) is 16.1 Å². The van der Waals surface area contributed by atoms with Crippen molar-refractivity contribution in [1.29, 1.82) is 0 Å². The second-order valence-corrected chi connectivity index (χ2v) is 6.01. The van der Waals surface area contributed by atoms with Gasteiger partial charge < -0.3 is 9.64 Å². The van der Waals surface area contributed by atoms with Crippen LogP contribution in [0.1, 0.15) is 25.3 Å². The molecule has 2 atom stereocenters. The Kier molecular flexibility index (Phi) is 5.40. The summed E-state index contributed by atoms with van der Waals surface area (Å²) in [6.45, 7) is 5.38. The van der Waals surface area contributed by atoms with Crippen molar-refractivity contribution >= 4 is 21.9 Å². The Bertz CT molecular complexity index is 419. The van der Waals surface area contributed by atoms with Crippen LogP contribution < -0.4 is 4.90 Å². The van der Waals surface area contributed by atoms with E-state index in [0.717, 1.165) is 36.9 Å². The van der Waals surface area contributed by atoms with Crippen LogP contribution in [0.5, 0.6) is 0 Å². The molecule has 0 aromatic heterocycles. The predicted molar refractivity (Wildman–Crippen MR) is 77.9 cm³/mol. The molecule has 1 N–H and O–H groups in total. The predicted octanol–water partition coefficient (Wildman–Crippen LogP) is 1.81. The monoisotopic (exact) mass is 326 g/mol. The second-order valence-electron chi connectivity index (χ2n) is 5.10. The number of hydrogen-bond acceptors (Lipinski definition) is 2. The summed E-state index contributed by atoms with van der Waals surface area (Å²) in [6, 6.07) is 8.43. The van der Waals surface area contributed by atoms with E-state index in [1.54, 1.807) is 0 Å². The lowest BCUT2D eigenvalue weighted by Gasteiger charge is -2.28. The van der Waals surface area contributed by atoms with Crippen molar-refractivity contribution in [3.8, 4) is 0 Å². The average Bonchev–Trinajstić information content (AvgIpc) is 2.42. The number of rotatable bonds is 4. The molecule has 0 bridgehead atoms. The fourth-order valence-electron chi connectivity index (χ4n) is 2.66. The van der Waals surface area contributed by atoms with E-state index in [1.165, 1.54) is 10.5 Å². The van der Waals surface area contributed by atoms with E-state index < -0.39 is 0 Å². The SMILES string of the molecule is CCOC(=O)[C@@H]1CCC[NH+](Cc2ccc(Br)cc2)C1. The minimum Gasteiger partial charge on any atom is -0.466 e. The number of halogens is 1. The van der Waals surface area contributed by atoms with Crippen LogP contribution in [-0.4, -0.2) is 25.7 Å². The lowest BCUT2D eigenvalue weighted by atomic mass is 9.98. The minimum atomic E-state index is -0.0180. The van der Waals surface area contributed by atoms with Crippen LogP contribution in [0.4, 0.5) is 0 Å². The van der Waals surface area contributed by atoms with Gasteiger partial charge in [-0.2, -0.15) is 0 Å². The molecule has 1 saturated heterocycles. The van der Waals surface area contributed by atoms with Gasteiger partial charge in [0.1, 0.15) is 12.5 Å². The molecule has 0 saturated carbocycles. The summed E-state index contributed by atoms with van der Waals surface area (Å²) in [5, 5.41) is 0. The number of quaternary nitrogens is 1. The summed E-state index contributed by atoms with van der Waals surface area (Å²) >= 11 is 3.45. The van der Waals surface area contributed by atoms with E-state index in [2.05, 4.69) is 40.2 Å². The molecule has 2 rings (SSSR count). The first-order chi connectivity index (χ1) is 9.19. The lowest BCUT2D eigenvalue weighted by molar-refractivity contribution is -0.921. The fraction of sp³-hybridized carbons (Fsp3) is 0.533. The van der Waals surface area contributed by atoms with Crippen LogP contribution in [0, 0.1) is 5.92 Å². The molecule has 1 unspecified atom stereocenters. The molecule has 0 radical (unpaired) electrons. The summed E-state index contributed by atoms with van der Waals surface area (Å²) in [4.78, 5) is 13.3. The average molecular weight is 327 g/mol. The van der Waals surface area contributed by atoms with Crippen molar-refractivity contribution < 1.29 is 14.4 Å². The summed E-state index contributed by atoms with van der Waals surface area (Å²) < 4.78 is 6.24. The van der Waals surface area contributed by atoms with Crippen molar-refractivity contribution in [3.05, 3.63) is 34.3 Å². The highest BCUT2D eigenvalue weighted by Crippen LogP contribution is 2.12. The Balaban J connectivity index is 1.90. The molecular weight excluding hydrogens is 306 g/mol. The normalized spacial score (nSPS) is 23.1. The summed E-state index contributed by atoms with van der Waals surface area (Å²) in [6.07, 6.45) is 2.08. The summed E-state index contributed by atoms with van der Waals surface area (Å²) in [5.41, 5.74) is 1.32. The van der Waals surface area contributed by atoms with Gasteiger partial charge in [-0.15, -0.1) is 0 Å². The molecule has 104 valence electrons. The van der Waals surface area contributed by atoms with E-state index in [9.17, 15) is 4.79 Å². The van der Waals surface area contributed by atoms with Gasteiger partial charge in [0.05, 0.1) is 19.7 Å². The first-order valence-corrected chi connectivity index (χ1v) is 7.73. The Morgan fingerprint density at radius 2 is 2.16 bits per heavy atom. The maximum Gasteiger partial charge on any atom is 0.314 e. The molecule has 0 amide bonds. The highest BCUT2D eigenvalue weighted by atomic mass is 79.9. The Morgan fingerprint density at radius 1 is 1.42 bits per heavy atom. The molecule has 1 fully saturated rings. The maximum atomic E-state index is 11.8. The van der Waals surface area contributed by atoms with Gasteiger partial charge in [0, 0.05) is 10.0 Å². The van der Waals surface area contributed by atoms with Crippen LogP contribution in [0.3, 0.4) is 0 Å². The molecular formula is C15H21BrNO2+. The zero-order chi connectivity index (χ0) is 13.7. The number of carbonyl (C=O) groups is 1. The minimum absolute atomic E-state index is 0.0180. The summed E-state index contributed by atoms with van der Waals surface area (Å²) in [5.74, 6) is 0.0645. The van der Waals surface area contributed by atoms with Crippen molar-refractivity contribution in [2.45, 2.75) is 26.3 Å². The molecule has 0 aliphatic carbocycles. The van der Waals surface area contributed by atoms with Crippen molar-refractivity contribution in [2.24, 2.45) is 5.92 Å². The van der Waals surface area contributed by atoms with Gasteiger partial charge in [-0.25, -0.2) is 0 Å². The fourth-order valence-corrected chi connectivity index (χ4v) is 2.93. The molecule has 19 heavy (non-hydrogen) atoms. The van der Waals surface area contributed by atoms with Crippen LogP contribution in [0.2, 0.25) is 0 Å². The number of carbonyl (C=O) groups excluding carboxylic acids is 1. The van der Waals surface area contributed by atoms with Gasteiger partial charge in [0.25, 0.3) is 0 Å². The molecule has 0 spiro atoms. The van der Waals surface area contributed by atoms with Gasteiger partial charge >= 0.3 is 5.97 Å². The molecule has 1 heterocycles. The number of piperidine rings is 1. The largest absolute Gasteiger partial charge is 0.466 e. The van der Waals surface area contributed by atoms with Gasteiger partial charge in [-0.05, 0) is 31.9 Å². The third kappa shape index (κ3) is 4.32. The first-order valence-electron chi connectivity index (χ1n) is 6.93. The van der Waals surface area contributed by atoms with E-state index >= 15 is 0 Å². The van der Waals surface area contributed by atoms with Crippen molar-refractivity contribution in [1.82, 2.24) is 0 Å². The topological polar surface area (TPSA) is 30.7 Å². The van der Waals surface area contributed by atoms with E-state index in [0.29, 0.717) is 6.61 Å². The van der Waals surface area contributed by atoms with Crippen LogP contribution in [0.15, 0.2) is 28.7 Å². The van der Waals surface area contributed by atoms with Gasteiger partial charge in [0.15, 0.2) is 0 Å². The third-order valence-electron chi connectivity index (χ3n) is 3.61. The zero-order valence-corrected chi connectivity index (χ0v) is 12.9. The highest BCUT2D eigenvalue weighted by Gasteiger charge is 2.29. The Hall–Kier alpha value is -0.870. The van der Waals surface area contributed by atoms with E-state index in [-0.39, 0.29) is 11.9 Å². The Morgan fingerprint density at radius 3 is 2.84 bits per heavy atom.